The fourth-order valence-corrected chi connectivity index (χ4v) is 1.63. The third kappa shape index (κ3) is 2.17. The molecule has 0 bridgehead atoms. The largest absolute Gasteiger partial charge is 0.437 e. The number of ether oxygens (including phenoxy) is 1. The Morgan fingerprint density at radius 3 is 3.00 bits per heavy atom. The van der Waals surface area contributed by atoms with E-state index in [1.807, 2.05) is 0 Å². The van der Waals surface area contributed by atoms with Gasteiger partial charge in [0.15, 0.2) is 5.65 Å². The van der Waals surface area contributed by atoms with E-state index in [9.17, 15) is 4.39 Å². The fraction of sp³-hybridized carbons (Fsp3) is 0.0833. The van der Waals surface area contributed by atoms with Crippen molar-refractivity contribution in [2.75, 3.05) is 12.4 Å². The van der Waals surface area contributed by atoms with Crippen molar-refractivity contribution >= 4 is 17.1 Å². The Bertz CT molecular complexity index is 727. The Balaban J connectivity index is 2.06. The first-order chi connectivity index (χ1) is 9.26. The van der Waals surface area contributed by atoms with Gasteiger partial charge in [0.05, 0.1) is 6.33 Å². The Hall–Kier alpha value is -2.70. The first kappa shape index (κ1) is 11.4. The molecule has 2 aromatic heterocycles. The molecule has 6 nitrogen and oxygen atoms in total. The minimum absolute atomic E-state index is 0.289. The van der Waals surface area contributed by atoms with Gasteiger partial charge in [-0.1, -0.05) is 6.07 Å². The molecular weight excluding hydrogens is 249 g/mol. The molecule has 0 amide bonds. The lowest BCUT2D eigenvalue weighted by Crippen LogP contribution is -1.99. The van der Waals surface area contributed by atoms with Gasteiger partial charge < -0.3 is 15.0 Å². The first-order valence-corrected chi connectivity index (χ1v) is 5.58. The third-order valence-corrected chi connectivity index (χ3v) is 2.49. The molecule has 0 saturated carbocycles. The number of aromatic amines is 1. The number of fused-ring (bicyclic) bond motifs is 1. The molecule has 0 aliphatic heterocycles. The topological polar surface area (TPSA) is 75.7 Å². The van der Waals surface area contributed by atoms with Gasteiger partial charge in [-0.05, 0) is 12.1 Å². The molecule has 2 N–H and O–H groups in total. The van der Waals surface area contributed by atoms with E-state index in [1.165, 1.54) is 18.5 Å². The van der Waals surface area contributed by atoms with Gasteiger partial charge in [-0.2, -0.15) is 9.97 Å². The number of H-pyrrole nitrogens is 1. The fourth-order valence-electron chi connectivity index (χ4n) is 1.63. The highest BCUT2D eigenvalue weighted by atomic mass is 19.1. The monoisotopic (exact) mass is 259 g/mol. The van der Waals surface area contributed by atoms with Crippen LogP contribution in [0, 0.1) is 5.82 Å². The van der Waals surface area contributed by atoms with Gasteiger partial charge in [-0.25, -0.2) is 9.37 Å². The zero-order valence-corrected chi connectivity index (χ0v) is 10.0. The Morgan fingerprint density at radius 2 is 2.21 bits per heavy atom. The number of hydrogen-bond donors (Lipinski definition) is 2. The molecule has 0 radical (unpaired) electrons. The highest BCUT2D eigenvalue weighted by Gasteiger charge is 2.11. The van der Waals surface area contributed by atoms with Crippen LogP contribution in [-0.2, 0) is 0 Å². The Kier molecular flexibility index (Phi) is 2.71. The Labute approximate surface area is 107 Å². The maximum Gasteiger partial charge on any atom is 0.250 e. The molecule has 0 unspecified atom stereocenters. The van der Waals surface area contributed by atoms with Crippen LogP contribution < -0.4 is 10.1 Å². The van der Waals surface area contributed by atoms with Crippen molar-refractivity contribution < 1.29 is 9.13 Å². The SMILES string of the molecule is CNc1nc(Oc2cccc(F)c2)c2[nH]cnc2n1. The van der Waals surface area contributed by atoms with Crippen LogP contribution in [0.15, 0.2) is 30.6 Å². The molecule has 1 aromatic carbocycles. The van der Waals surface area contributed by atoms with E-state index in [-0.39, 0.29) is 11.7 Å². The number of rotatable bonds is 3. The highest BCUT2D eigenvalue weighted by Crippen LogP contribution is 2.26. The molecule has 0 atom stereocenters. The van der Waals surface area contributed by atoms with E-state index in [1.54, 1.807) is 19.2 Å². The van der Waals surface area contributed by atoms with Gasteiger partial charge in [0.2, 0.25) is 5.95 Å². The predicted octanol–water partition coefficient (Wildman–Crippen LogP) is 2.33. The van der Waals surface area contributed by atoms with E-state index >= 15 is 0 Å². The average Bonchev–Trinajstić information content (AvgIpc) is 2.87. The number of nitrogens with zero attached hydrogens (tertiary/aromatic N) is 3. The molecule has 0 aliphatic carbocycles. The van der Waals surface area contributed by atoms with Gasteiger partial charge in [-0.15, -0.1) is 0 Å². The Morgan fingerprint density at radius 1 is 1.32 bits per heavy atom. The smallest absolute Gasteiger partial charge is 0.250 e. The summed E-state index contributed by atoms with van der Waals surface area (Å²) in [6.07, 6.45) is 1.50. The second kappa shape index (κ2) is 4.52. The quantitative estimate of drug-likeness (QED) is 0.755. The number of hydrogen-bond acceptors (Lipinski definition) is 5. The normalized spacial score (nSPS) is 10.6. The number of benzene rings is 1. The number of aromatic nitrogens is 4. The molecule has 0 aliphatic rings. The molecule has 2 heterocycles. The second-order valence-corrected chi connectivity index (χ2v) is 3.76. The van der Waals surface area contributed by atoms with Crippen molar-refractivity contribution in [1.29, 1.82) is 0 Å². The van der Waals surface area contributed by atoms with Crippen molar-refractivity contribution in [3.8, 4) is 11.6 Å². The maximum atomic E-state index is 13.1. The predicted molar refractivity (Wildman–Crippen MR) is 67.7 cm³/mol. The molecule has 0 fully saturated rings. The van der Waals surface area contributed by atoms with Crippen LogP contribution in [0.25, 0.3) is 11.2 Å². The molecule has 0 spiro atoms. The van der Waals surface area contributed by atoms with E-state index < -0.39 is 0 Å². The van der Waals surface area contributed by atoms with Gasteiger partial charge in [0.1, 0.15) is 17.1 Å². The van der Waals surface area contributed by atoms with Crippen LogP contribution in [0.1, 0.15) is 0 Å². The van der Waals surface area contributed by atoms with Crippen LogP contribution in [0.5, 0.6) is 11.6 Å². The minimum Gasteiger partial charge on any atom is -0.437 e. The lowest BCUT2D eigenvalue weighted by molar-refractivity contribution is 0.463. The molecular formula is C12H10FN5O. The van der Waals surface area contributed by atoms with Crippen molar-refractivity contribution in [3.63, 3.8) is 0 Å². The van der Waals surface area contributed by atoms with Crippen molar-refractivity contribution in [1.82, 2.24) is 19.9 Å². The van der Waals surface area contributed by atoms with Crippen molar-refractivity contribution in [2.24, 2.45) is 0 Å². The van der Waals surface area contributed by atoms with E-state index in [2.05, 4.69) is 25.3 Å². The van der Waals surface area contributed by atoms with Gasteiger partial charge >= 0.3 is 0 Å². The molecule has 7 heteroatoms. The van der Waals surface area contributed by atoms with Crippen LogP contribution in [-0.4, -0.2) is 27.0 Å². The maximum absolute atomic E-state index is 13.1. The average molecular weight is 259 g/mol. The summed E-state index contributed by atoms with van der Waals surface area (Å²) in [6.45, 7) is 0. The number of nitrogens with one attached hydrogen (secondary N) is 2. The summed E-state index contributed by atoms with van der Waals surface area (Å²) in [4.78, 5) is 15.3. The van der Waals surface area contributed by atoms with Crippen molar-refractivity contribution in [3.05, 3.63) is 36.4 Å². The van der Waals surface area contributed by atoms with Gasteiger partial charge in [-0.3, -0.25) is 0 Å². The number of anilines is 1. The summed E-state index contributed by atoms with van der Waals surface area (Å²) in [5, 5.41) is 2.82. The number of imidazole rings is 1. The molecule has 3 aromatic rings. The van der Waals surface area contributed by atoms with Crippen molar-refractivity contribution in [2.45, 2.75) is 0 Å². The van der Waals surface area contributed by atoms with Crippen LogP contribution in [0.2, 0.25) is 0 Å². The lowest BCUT2D eigenvalue weighted by atomic mass is 10.3. The van der Waals surface area contributed by atoms with E-state index in [4.69, 9.17) is 4.74 Å². The van der Waals surface area contributed by atoms with Gasteiger partial charge in [0.25, 0.3) is 5.88 Å². The third-order valence-electron chi connectivity index (χ3n) is 2.49. The molecule has 0 saturated heterocycles. The summed E-state index contributed by atoms with van der Waals surface area (Å²) in [5.41, 5.74) is 1.04. The van der Waals surface area contributed by atoms with Crippen LogP contribution in [0.3, 0.4) is 0 Å². The van der Waals surface area contributed by atoms with E-state index in [0.29, 0.717) is 22.9 Å². The zero-order chi connectivity index (χ0) is 13.2. The summed E-state index contributed by atoms with van der Waals surface area (Å²) >= 11 is 0. The summed E-state index contributed by atoms with van der Waals surface area (Å²) < 4.78 is 18.7. The second-order valence-electron chi connectivity index (χ2n) is 3.76. The summed E-state index contributed by atoms with van der Waals surface area (Å²) in [6, 6.07) is 5.84. The first-order valence-electron chi connectivity index (χ1n) is 5.58. The van der Waals surface area contributed by atoms with Gasteiger partial charge in [0, 0.05) is 13.1 Å². The zero-order valence-electron chi connectivity index (χ0n) is 10.0. The highest BCUT2D eigenvalue weighted by molar-refractivity contribution is 5.77. The molecule has 19 heavy (non-hydrogen) atoms. The molecule has 96 valence electrons. The van der Waals surface area contributed by atoms with E-state index in [0.717, 1.165) is 0 Å². The summed E-state index contributed by atoms with van der Waals surface area (Å²) in [5.74, 6) is 0.654. The summed E-state index contributed by atoms with van der Waals surface area (Å²) in [7, 11) is 1.69. The lowest BCUT2D eigenvalue weighted by Gasteiger charge is -2.07. The minimum atomic E-state index is -0.374. The molecule has 3 rings (SSSR count). The van der Waals surface area contributed by atoms with Crippen LogP contribution in [0.4, 0.5) is 10.3 Å². The van der Waals surface area contributed by atoms with Crippen LogP contribution >= 0.6 is 0 Å². The standard InChI is InChI=1S/C12H10FN5O/c1-14-12-17-10-9(15-6-16-10)11(18-12)19-8-4-2-3-7(13)5-8/h2-6H,1H3,(H2,14,15,16,17,18). The number of halogens is 1.